The monoisotopic (exact) mass is 260 g/mol. The minimum atomic E-state index is -0.336. The molecule has 2 aromatic rings. The van der Waals surface area contributed by atoms with Crippen molar-refractivity contribution in [2.45, 2.75) is 25.2 Å². The van der Waals surface area contributed by atoms with Gasteiger partial charge in [-0.2, -0.15) is 5.26 Å². The van der Waals surface area contributed by atoms with E-state index >= 15 is 0 Å². The number of H-pyrrole nitrogens is 1. The van der Waals surface area contributed by atoms with E-state index in [1.165, 1.54) is 6.33 Å². The molecule has 0 radical (unpaired) electrons. The number of nitriles is 1. The smallest absolute Gasteiger partial charge is 0.261 e. The Labute approximate surface area is 108 Å². The molecule has 1 fully saturated rings. The molecule has 98 valence electrons. The summed E-state index contributed by atoms with van der Waals surface area (Å²) in [6, 6.07) is 1.99. The molecule has 0 spiro atoms. The van der Waals surface area contributed by atoms with Gasteiger partial charge in [-0.25, -0.2) is 4.98 Å². The van der Waals surface area contributed by atoms with Gasteiger partial charge >= 0.3 is 0 Å². The van der Waals surface area contributed by atoms with Crippen LogP contribution in [0.3, 0.4) is 0 Å². The summed E-state index contributed by atoms with van der Waals surface area (Å²) in [4.78, 5) is 18.3. The van der Waals surface area contributed by atoms with Gasteiger partial charge in [0.1, 0.15) is 17.7 Å². The third-order valence-electron chi connectivity index (χ3n) is 3.33. The fourth-order valence-electron chi connectivity index (χ4n) is 2.42. The maximum Gasteiger partial charge on any atom is 0.261 e. The van der Waals surface area contributed by atoms with Crippen molar-refractivity contribution >= 4 is 11.0 Å². The average Bonchev–Trinajstić information content (AvgIpc) is 3.02. The van der Waals surface area contributed by atoms with Gasteiger partial charge in [-0.3, -0.25) is 4.79 Å². The molecule has 0 aromatic carbocycles. The normalized spacial score (nSPS) is 22.7. The van der Waals surface area contributed by atoms with Crippen LogP contribution in [0.15, 0.2) is 17.3 Å². The SMILES string of the molecule is N#Cc1cn([C@H]2CC[C@@H](CO)O2)c2nc[nH]c(=O)c12. The molecule has 0 unspecified atom stereocenters. The standard InChI is InChI=1S/C12H12N4O3/c13-3-7-4-16(9-2-1-8(5-17)19-9)11-10(7)12(18)15-6-14-11/h4,6,8-9,17H,1-2,5H2,(H,14,15,18)/t8-,9+/m0/s1. The Hall–Kier alpha value is -2.17. The number of rotatable bonds is 2. The highest BCUT2D eigenvalue weighted by Gasteiger charge is 2.28. The van der Waals surface area contributed by atoms with Crippen molar-refractivity contribution in [3.05, 3.63) is 28.4 Å². The van der Waals surface area contributed by atoms with Crippen LogP contribution in [0.25, 0.3) is 11.0 Å². The first kappa shape index (κ1) is 11.9. The van der Waals surface area contributed by atoms with E-state index in [9.17, 15) is 4.79 Å². The summed E-state index contributed by atoms with van der Waals surface area (Å²) in [5.74, 6) is 0. The molecular formula is C12H12N4O3. The van der Waals surface area contributed by atoms with Crippen molar-refractivity contribution in [1.29, 1.82) is 5.26 Å². The lowest BCUT2D eigenvalue weighted by Gasteiger charge is -2.14. The Balaban J connectivity index is 2.13. The molecule has 2 aromatic heterocycles. The number of aliphatic hydroxyl groups excluding tert-OH is 1. The molecule has 7 heteroatoms. The lowest BCUT2D eigenvalue weighted by atomic mass is 10.2. The first-order valence-electron chi connectivity index (χ1n) is 5.99. The lowest BCUT2D eigenvalue weighted by Crippen LogP contribution is -2.14. The largest absolute Gasteiger partial charge is 0.394 e. The highest BCUT2D eigenvalue weighted by molar-refractivity contribution is 5.82. The van der Waals surface area contributed by atoms with Gasteiger partial charge in [-0.15, -0.1) is 0 Å². The number of hydrogen-bond acceptors (Lipinski definition) is 5. The summed E-state index contributed by atoms with van der Waals surface area (Å²) in [6.07, 6.45) is 3.85. The molecule has 3 heterocycles. The summed E-state index contributed by atoms with van der Waals surface area (Å²) in [5.41, 5.74) is 0.376. The molecule has 0 amide bonds. The van der Waals surface area contributed by atoms with Crippen LogP contribution in [0, 0.1) is 11.3 Å². The van der Waals surface area contributed by atoms with Crippen LogP contribution >= 0.6 is 0 Å². The number of nitrogens with zero attached hydrogens (tertiary/aromatic N) is 3. The molecule has 19 heavy (non-hydrogen) atoms. The molecule has 1 aliphatic heterocycles. The highest BCUT2D eigenvalue weighted by atomic mass is 16.5. The Morgan fingerprint density at radius 1 is 1.63 bits per heavy atom. The quantitative estimate of drug-likeness (QED) is 0.806. The first-order valence-corrected chi connectivity index (χ1v) is 5.99. The Kier molecular flexibility index (Phi) is 2.81. The van der Waals surface area contributed by atoms with Crippen LogP contribution in [0.1, 0.15) is 24.6 Å². The van der Waals surface area contributed by atoms with E-state index in [2.05, 4.69) is 9.97 Å². The van der Waals surface area contributed by atoms with Crippen LogP contribution in [-0.4, -0.2) is 32.4 Å². The molecule has 0 aliphatic carbocycles. The number of fused-ring (bicyclic) bond motifs is 1. The number of aliphatic hydroxyl groups is 1. The number of ether oxygens (including phenoxy) is 1. The maximum absolute atomic E-state index is 11.8. The maximum atomic E-state index is 11.8. The van der Waals surface area contributed by atoms with Gasteiger partial charge in [0, 0.05) is 6.20 Å². The topological polar surface area (TPSA) is 104 Å². The van der Waals surface area contributed by atoms with Crippen LogP contribution < -0.4 is 5.56 Å². The summed E-state index contributed by atoms with van der Waals surface area (Å²) >= 11 is 0. The minimum absolute atomic E-state index is 0.0329. The number of aromatic nitrogens is 3. The predicted octanol–water partition coefficient (Wildman–Crippen LogP) is 0.266. The number of aromatic amines is 1. The van der Waals surface area contributed by atoms with Crippen molar-refractivity contribution in [2.75, 3.05) is 6.61 Å². The average molecular weight is 260 g/mol. The van der Waals surface area contributed by atoms with E-state index in [4.69, 9.17) is 15.1 Å². The third-order valence-corrected chi connectivity index (χ3v) is 3.33. The second kappa shape index (κ2) is 4.50. The van der Waals surface area contributed by atoms with Gasteiger partial charge in [0.25, 0.3) is 5.56 Å². The van der Waals surface area contributed by atoms with Crippen LogP contribution in [0.5, 0.6) is 0 Å². The van der Waals surface area contributed by atoms with Gasteiger partial charge < -0.3 is 19.4 Å². The van der Waals surface area contributed by atoms with Crippen LogP contribution in [0.4, 0.5) is 0 Å². The van der Waals surface area contributed by atoms with Crippen molar-refractivity contribution in [3.63, 3.8) is 0 Å². The van der Waals surface area contributed by atoms with E-state index in [0.29, 0.717) is 12.1 Å². The summed E-state index contributed by atoms with van der Waals surface area (Å²) < 4.78 is 7.35. The first-order chi connectivity index (χ1) is 9.24. The molecule has 2 N–H and O–H groups in total. The van der Waals surface area contributed by atoms with E-state index < -0.39 is 0 Å². The molecule has 0 saturated carbocycles. The summed E-state index contributed by atoms with van der Waals surface area (Å²) in [7, 11) is 0. The zero-order valence-corrected chi connectivity index (χ0v) is 10.0. The van der Waals surface area contributed by atoms with E-state index in [1.807, 2.05) is 6.07 Å². The van der Waals surface area contributed by atoms with Crippen molar-refractivity contribution in [1.82, 2.24) is 14.5 Å². The Morgan fingerprint density at radius 2 is 2.47 bits per heavy atom. The molecule has 2 atom stereocenters. The van der Waals surface area contributed by atoms with Gasteiger partial charge in [-0.05, 0) is 12.8 Å². The van der Waals surface area contributed by atoms with Crippen LogP contribution in [0.2, 0.25) is 0 Å². The van der Waals surface area contributed by atoms with E-state index in [1.54, 1.807) is 10.8 Å². The summed E-state index contributed by atoms with van der Waals surface area (Å²) in [5, 5.41) is 18.5. The Bertz CT molecular complexity index is 712. The lowest BCUT2D eigenvalue weighted by molar-refractivity contribution is -0.0204. The van der Waals surface area contributed by atoms with Gasteiger partial charge in [0.2, 0.25) is 0 Å². The fourth-order valence-corrected chi connectivity index (χ4v) is 2.42. The van der Waals surface area contributed by atoms with Crippen molar-refractivity contribution in [3.8, 4) is 6.07 Å². The highest BCUT2D eigenvalue weighted by Crippen LogP contribution is 2.31. The second-order valence-electron chi connectivity index (χ2n) is 4.46. The van der Waals surface area contributed by atoms with Crippen molar-refractivity contribution < 1.29 is 9.84 Å². The van der Waals surface area contributed by atoms with Crippen molar-refractivity contribution in [2.24, 2.45) is 0 Å². The zero-order chi connectivity index (χ0) is 13.4. The van der Waals surface area contributed by atoms with Gasteiger partial charge in [0.05, 0.1) is 24.6 Å². The summed E-state index contributed by atoms with van der Waals surface area (Å²) in [6.45, 7) is -0.0329. The van der Waals surface area contributed by atoms with Crippen LogP contribution in [-0.2, 0) is 4.74 Å². The molecule has 7 nitrogen and oxygen atoms in total. The Morgan fingerprint density at radius 3 is 3.16 bits per heavy atom. The number of nitrogens with one attached hydrogen (secondary N) is 1. The minimum Gasteiger partial charge on any atom is -0.394 e. The zero-order valence-electron chi connectivity index (χ0n) is 10.0. The number of hydrogen-bond donors (Lipinski definition) is 2. The molecule has 3 rings (SSSR count). The third kappa shape index (κ3) is 1.82. The second-order valence-corrected chi connectivity index (χ2v) is 4.46. The van der Waals surface area contributed by atoms with Gasteiger partial charge in [0.15, 0.2) is 5.65 Å². The molecular weight excluding hydrogens is 248 g/mol. The predicted molar refractivity (Wildman–Crippen MR) is 65.3 cm³/mol. The van der Waals surface area contributed by atoms with E-state index in [-0.39, 0.29) is 35.4 Å². The van der Waals surface area contributed by atoms with E-state index in [0.717, 1.165) is 6.42 Å². The fraction of sp³-hybridized carbons (Fsp3) is 0.417. The molecule has 0 bridgehead atoms. The van der Waals surface area contributed by atoms with Gasteiger partial charge in [-0.1, -0.05) is 0 Å². The molecule has 1 aliphatic rings. The molecule has 1 saturated heterocycles.